The summed E-state index contributed by atoms with van der Waals surface area (Å²) in [7, 11) is 0.169. The molecule has 3 aromatic rings. The van der Waals surface area contributed by atoms with E-state index in [0.29, 0.717) is 59.5 Å². The SMILES string of the molecule is COc1nc2ccc([C@](O)(c3cncn3C)C3CCN(S(C)(=O)=O)CC3)cc2c(Cl)c1CC1CCOCC1. The molecule has 2 aliphatic rings. The molecule has 4 heterocycles. The highest BCUT2D eigenvalue weighted by atomic mass is 35.5. The van der Waals surface area contributed by atoms with Crippen molar-refractivity contribution in [2.75, 3.05) is 39.7 Å². The van der Waals surface area contributed by atoms with Gasteiger partial charge in [0.25, 0.3) is 0 Å². The quantitative estimate of drug-likeness (QED) is 0.469. The third kappa shape index (κ3) is 5.04. The van der Waals surface area contributed by atoms with Gasteiger partial charge >= 0.3 is 0 Å². The summed E-state index contributed by atoms with van der Waals surface area (Å²) in [6, 6.07) is 5.66. The molecule has 0 unspecified atom stereocenters. The standard InChI is InChI=1S/C27H35ClN4O5S/c1-31-17-29-16-24(31)27(33,19-6-10-32(11-7-19)38(3,34)35)20-4-5-23-21(15-20)25(28)22(26(30-23)36-2)14-18-8-12-37-13-9-18/h4-5,15-19,33H,6-14H2,1-3H3/t27-/m0/s1. The molecular weight excluding hydrogens is 528 g/mol. The number of sulfonamides is 1. The Morgan fingerprint density at radius 2 is 1.92 bits per heavy atom. The van der Waals surface area contributed by atoms with E-state index in [4.69, 9.17) is 26.1 Å². The summed E-state index contributed by atoms with van der Waals surface area (Å²) < 4.78 is 38.7. The van der Waals surface area contributed by atoms with Crippen molar-refractivity contribution in [1.82, 2.24) is 18.8 Å². The van der Waals surface area contributed by atoms with Crippen molar-refractivity contribution in [3.63, 3.8) is 0 Å². The van der Waals surface area contributed by atoms with Crippen molar-refractivity contribution in [3.8, 4) is 5.88 Å². The number of ether oxygens (including phenoxy) is 2. The number of benzene rings is 1. The fourth-order valence-corrected chi connectivity index (χ4v) is 7.17. The Labute approximate surface area is 228 Å². The monoisotopic (exact) mass is 562 g/mol. The molecule has 1 N–H and O–H groups in total. The minimum Gasteiger partial charge on any atom is -0.481 e. The number of hydrogen-bond acceptors (Lipinski definition) is 7. The van der Waals surface area contributed by atoms with Crippen molar-refractivity contribution in [2.24, 2.45) is 18.9 Å². The van der Waals surface area contributed by atoms with E-state index in [1.54, 1.807) is 19.6 Å². The number of aliphatic hydroxyl groups is 1. The molecule has 38 heavy (non-hydrogen) atoms. The van der Waals surface area contributed by atoms with Crippen LogP contribution in [0.4, 0.5) is 0 Å². The maximum absolute atomic E-state index is 12.5. The van der Waals surface area contributed by atoms with E-state index in [2.05, 4.69) is 4.98 Å². The molecule has 2 saturated heterocycles. The summed E-state index contributed by atoms with van der Waals surface area (Å²) in [5.74, 6) is 0.737. The zero-order valence-corrected chi connectivity index (χ0v) is 23.6. The number of piperidine rings is 1. The Morgan fingerprint density at radius 1 is 1.21 bits per heavy atom. The van der Waals surface area contributed by atoms with E-state index in [-0.39, 0.29) is 5.92 Å². The summed E-state index contributed by atoms with van der Waals surface area (Å²) in [6.45, 7) is 2.19. The molecule has 2 fully saturated rings. The Kier molecular flexibility index (Phi) is 7.72. The maximum Gasteiger partial charge on any atom is 0.218 e. The second-order valence-corrected chi connectivity index (χ2v) is 12.9. The van der Waals surface area contributed by atoms with Crippen molar-refractivity contribution in [2.45, 2.75) is 37.7 Å². The van der Waals surface area contributed by atoms with Crippen LogP contribution in [0.15, 0.2) is 30.7 Å². The molecule has 206 valence electrons. The summed E-state index contributed by atoms with van der Waals surface area (Å²) in [5, 5.41) is 13.8. The average molecular weight is 563 g/mol. The van der Waals surface area contributed by atoms with Gasteiger partial charge in [-0.3, -0.25) is 0 Å². The molecule has 0 aliphatic carbocycles. The van der Waals surface area contributed by atoms with E-state index in [9.17, 15) is 13.5 Å². The predicted molar refractivity (Wildman–Crippen MR) is 146 cm³/mol. The number of hydrogen-bond donors (Lipinski definition) is 1. The van der Waals surface area contributed by atoms with Crippen molar-refractivity contribution < 1.29 is 23.0 Å². The first-order valence-corrected chi connectivity index (χ1v) is 15.2. The fraction of sp³-hybridized carbons (Fsp3) is 0.556. The largest absolute Gasteiger partial charge is 0.481 e. The smallest absolute Gasteiger partial charge is 0.218 e. The van der Waals surface area contributed by atoms with E-state index < -0.39 is 15.6 Å². The first kappa shape index (κ1) is 27.3. The molecule has 0 spiro atoms. The number of methoxy groups -OCH3 is 1. The first-order valence-electron chi connectivity index (χ1n) is 13.0. The van der Waals surface area contributed by atoms with Crippen LogP contribution in [0.3, 0.4) is 0 Å². The van der Waals surface area contributed by atoms with Gasteiger partial charge < -0.3 is 19.1 Å². The van der Waals surface area contributed by atoms with E-state index in [0.717, 1.165) is 43.4 Å². The van der Waals surface area contributed by atoms with Gasteiger partial charge in [0.05, 0.1) is 42.1 Å². The van der Waals surface area contributed by atoms with Gasteiger partial charge in [-0.05, 0) is 55.7 Å². The lowest BCUT2D eigenvalue weighted by molar-refractivity contribution is -0.0109. The molecule has 1 aromatic carbocycles. The van der Waals surface area contributed by atoms with Gasteiger partial charge in [-0.2, -0.15) is 0 Å². The highest BCUT2D eigenvalue weighted by Crippen LogP contribution is 2.44. The molecule has 2 aliphatic heterocycles. The molecule has 11 heteroatoms. The molecule has 0 radical (unpaired) electrons. The lowest BCUT2D eigenvalue weighted by Crippen LogP contribution is -2.46. The van der Waals surface area contributed by atoms with Crippen LogP contribution in [-0.4, -0.2) is 72.0 Å². The molecular formula is C27H35ClN4O5S. The van der Waals surface area contributed by atoms with E-state index in [1.807, 2.05) is 29.8 Å². The van der Waals surface area contributed by atoms with Crippen molar-refractivity contribution in [3.05, 3.63) is 52.6 Å². The Balaban J connectivity index is 1.58. The Hall–Kier alpha value is -2.24. The van der Waals surface area contributed by atoms with Crippen molar-refractivity contribution >= 4 is 32.5 Å². The van der Waals surface area contributed by atoms with Gasteiger partial charge in [0.1, 0.15) is 5.60 Å². The zero-order chi connectivity index (χ0) is 27.1. The lowest BCUT2D eigenvalue weighted by atomic mass is 9.74. The summed E-state index contributed by atoms with van der Waals surface area (Å²) in [5.41, 5.74) is 1.49. The van der Waals surface area contributed by atoms with Crippen LogP contribution >= 0.6 is 11.6 Å². The van der Waals surface area contributed by atoms with E-state index >= 15 is 0 Å². The van der Waals surface area contributed by atoms with Crippen LogP contribution in [0.5, 0.6) is 5.88 Å². The van der Waals surface area contributed by atoms with Gasteiger partial charge in [0.2, 0.25) is 15.9 Å². The van der Waals surface area contributed by atoms with Gasteiger partial charge in [0, 0.05) is 50.2 Å². The first-order chi connectivity index (χ1) is 18.1. The molecule has 2 aromatic heterocycles. The fourth-order valence-electron chi connectivity index (χ4n) is 5.99. The third-order valence-electron chi connectivity index (χ3n) is 8.17. The molecule has 9 nitrogen and oxygen atoms in total. The highest BCUT2D eigenvalue weighted by molar-refractivity contribution is 7.88. The number of pyridine rings is 1. The van der Waals surface area contributed by atoms with Crippen LogP contribution in [0.1, 0.15) is 42.5 Å². The maximum atomic E-state index is 12.5. The van der Waals surface area contributed by atoms with E-state index in [1.165, 1.54) is 10.6 Å². The second kappa shape index (κ2) is 10.7. The summed E-state index contributed by atoms with van der Waals surface area (Å²) in [4.78, 5) is 9.04. The number of imidazole rings is 1. The normalized spacial score (nSPS) is 20.0. The molecule has 1 atom stereocenters. The van der Waals surface area contributed by atoms with Crippen LogP contribution in [-0.2, 0) is 33.8 Å². The number of aryl methyl sites for hydroxylation is 1. The minimum absolute atomic E-state index is 0.222. The molecule has 0 amide bonds. The number of nitrogens with zero attached hydrogens (tertiary/aromatic N) is 4. The summed E-state index contributed by atoms with van der Waals surface area (Å²) in [6.07, 6.45) is 8.26. The Morgan fingerprint density at radius 3 is 2.53 bits per heavy atom. The number of fused-ring (bicyclic) bond motifs is 1. The second-order valence-electron chi connectivity index (χ2n) is 10.5. The summed E-state index contributed by atoms with van der Waals surface area (Å²) >= 11 is 7.05. The predicted octanol–water partition coefficient (Wildman–Crippen LogP) is 3.51. The van der Waals surface area contributed by atoms with Gasteiger partial charge in [-0.1, -0.05) is 17.7 Å². The number of rotatable bonds is 7. The van der Waals surface area contributed by atoms with Gasteiger partial charge in [-0.25, -0.2) is 22.7 Å². The van der Waals surface area contributed by atoms with Gasteiger partial charge in [0.15, 0.2) is 0 Å². The molecule has 0 saturated carbocycles. The average Bonchev–Trinajstić information content (AvgIpc) is 3.36. The molecule has 0 bridgehead atoms. The highest BCUT2D eigenvalue weighted by Gasteiger charge is 2.44. The van der Waals surface area contributed by atoms with Crippen LogP contribution in [0, 0.1) is 11.8 Å². The van der Waals surface area contributed by atoms with Crippen LogP contribution in [0.2, 0.25) is 5.02 Å². The number of aromatic nitrogens is 3. The Bertz CT molecular complexity index is 1410. The molecule has 5 rings (SSSR count). The van der Waals surface area contributed by atoms with Crippen molar-refractivity contribution in [1.29, 1.82) is 0 Å². The lowest BCUT2D eigenvalue weighted by Gasteiger charge is -2.41. The van der Waals surface area contributed by atoms with Gasteiger partial charge in [-0.15, -0.1) is 0 Å². The topological polar surface area (TPSA) is 107 Å². The van der Waals surface area contributed by atoms with Crippen LogP contribution < -0.4 is 4.74 Å². The zero-order valence-electron chi connectivity index (χ0n) is 22.1. The third-order valence-corrected chi connectivity index (χ3v) is 9.90. The van der Waals surface area contributed by atoms with Crippen LogP contribution in [0.25, 0.3) is 10.9 Å². The number of halogens is 1. The minimum atomic E-state index is -3.29.